The van der Waals surface area contributed by atoms with E-state index in [4.69, 9.17) is 10.8 Å². The molecule has 1 unspecified atom stereocenters. The largest absolute Gasteiger partial charge is 0.393 e. The van der Waals surface area contributed by atoms with Gasteiger partial charge in [-0.2, -0.15) is 0 Å². The van der Waals surface area contributed by atoms with E-state index in [9.17, 15) is 4.79 Å². The second kappa shape index (κ2) is 4.74. The Bertz CT molecular complexity index is 336. The fourth-order valence-corrected chi connectivity index (χ4v) is 1.01. The number of hydrogen-bond acceptors (Lipinski definition) is 6. The highest BCUT2D eigenvalue weighted by Crippen LogP contribution is 2.07. The van der Waals surface area contributed by atoms with Crippen LogP contribution in [0.15, 0.2) is 4.63 Å². The summed E-state index contributed by atoms with van der Waals surface area (Å²) >= 11 is 0. The van der Waals surface area contributed by atoms with Crippen LogP contribution in [-0.4, -0.2) is 45.9 Å². The van der Waals surface area contributed by atoms with Gasteiger partial charge in [0.2, 0.25) is 11.5 Å². The number of nitrogens with two attached hydrogens (primary N) is 1. The number of rotatable bonds is 4. The molecule has 15 heavy (non-hydrogen) atoms. The lowest BCUT2D eigenvalue weighted by molar-refractivity contribution is 0.0759. The van der Waals surface area contributed by atoms with Gasteiger partial charge >= 0.3 is 0 Å². The molecule has 0 spiro atoms. The van der Waals surface area contributed by atoms with Crippen molar-refractivity contribution in [2.24, 2.45) is 0 Å². The van der Waals surface area contributed by atoms with Crippen LogP contribution in [0.3, 0.4) is 0 Å². The first-order valence-corrected chi connectivity index (χ1v) is 4.54. The number of carbonyl (C=O) groups is 1. The topological polar surface area (TPSA) is 105 Å². The Labute approximate surface area is 86.8 Å². The maximum absolute atomic E-state index is 11.6. The van der Waals surface area contributed by atoms with Gasteiger partial charge in [-0.25, -0.2) is 4.63 Å². The van der Waals surface area contributed by atoms with Crippen molar-refractivity contribution >= 4 is 11.7 Å². The fourth-order valence-electron chi connectivity index (χ4n) is 1.01. The van der Waals surface area contributed by atoms with Crippen molar-refractivity contribution < 1.29 is 14.5 Å². The summed E-state index contributed by atoms with van der Waals surface area (Å²) < 4.78 is 4.32. The molecule has 0 bridgehead atoms. The van der Waals surface area contributed by atoms with Crippen molar-refractivity contribution in [3.63, 3.8) is 0 Å². The molecule has 0 saturated heterocycles. The first kappa shape index (κ1) is 11.4. The van der Waals surface area contributed by atoms with E-state index in [0.717, 1.165) is 0 Å². The van der Waals surface area contributed by atoms with Gasteiger partial charge < -0.3 is 15.7 Å². The molecule has 7 heteroatoms. The molecule has 0 fully saturated rings. The molecular weight excluding hydrogens is 200 g/mol. The summed E-state index contributed by atoms with van der Waals surface area (Å²) in [6.07, 6.45) is 0.0426. The van der Waals surface area contributed by atoms with Crippen molar-refractivity contribution in [2.75, 3.05) is 19.3 Å². The van der Waals surface area contributed by atoms with Crippen LogP contribution < -0.4 is 5.73 Å². The molecule has 1 atom stereocenters. The molecular formula is C8H14N4O3. The quantitative estimate of drug-likeness (QED) is 0.699. The molecule has 1 amide bonds. The van der Waals surface area contributed by atoms with Crippen LogP contribution in [0, 0.1) is 0 Å². The number of amides is 1. The van der Waals surface area contributed by atoms with E-state index >= 15 is 0 Å². The van der Waals surface area contributed by atoms with Gasteiger partial charge in [0.1, 0.15) is 0 Å². The second-order valence-corrected chi connectivity index (χ2v) is 3.36. The van der Waals surface area contributed by atoms with Crippen LogP contribution in [0.5, 0.6) is 0 Å². The lowest BCUT2D eigenvalue weighted by Crippen LogP contribution is -2.30. The Balaban J connectivity index is 2.57. The zero-order valence-electron chi connectivity index (χ0n) is 8.67. The van der Waals surface area contributed by atoms with E-state index < -0.39 is 6.10 Å². The molecule has 1 heterocycles. The van der Waals surface area contributed by atoms with Crippen LogP contribution in [0.4, 0.5) is 5.82 Å². The molecule has 1 aromatic rings. The average molecular weight is 214 g/mol. The summed E-state index contributed by atoms with van der Waals surface area (Å²) in [5.41, 5.74) is 5.37. The highest BCUT2D eigenvalue weighted by molar-refractivity contribution is 5.95. The summed E-state index contributed by atoms with van der Waals surface area (Å²) in [7, 11) is 1.60. The standard InChI is InChI=1S/C8H14N4O3/c1-5(13)3-4-12(2)8(14)6-7(9)11-15-10-6/h5,13H,3-4H2,1-2H3,(H2,9,11). The SMILES string of the molecule is CC(O)CCN(C)C(=O)c1nonc1N. The van der Waals surface area contributed by atoms with Gasteiger partial charge in [0.25, 0.3) is 5.91 Å². The van der Waals surface area contributed by atoms with Crippen molar-refractivity contribution in [1.82, 2.24) is 15.2 Å². The number of hydrogen-bond donors (Lipinski definition) is 2. The Morgan fingerprint density at radius 1 is 1.67 bits per heavy atom. The summed E-state index contributed by atoms with van der Waals surface area (Å²) in [4.78, 5) is 13.0. The summed E-state index contributed by atoms with van der Waals surface area (Å²) in [5.74, 6) is -0.390. The minimum absolute atomic E-state index is 0.00286. The van der Waals surface area contributed by atoms with Crippen molar-refractivity contribution in [1.29, 1.82) is 0 Å². The van der Waals surface area contributed by atoms with Crippen LogP contribution in [0.1, 0.15) is 23.8 Å². The van der Waals surface area contributed by atoms with Gasteiger partial charge in [-0.1, -0.05) is 0 Å². The van der Waals surface area contributed by atoms with E-state index in [1.165, 1.54) is 4.90 Å². The Hall–Kier alpha value is -1.63. The lowest BCUT2D eigenvalue weighted by atomic mass is 10.2. The predicted molar refractivity (Wildman–Crippen MR) is 52.0 cm³/mol. The molecule has 1 rings (SSSR count). The number of aliphatic hydroxyl groups is 1. The Morgan fingerprint density at radius 3 is 2.80 bits per heavy atom. The van der Waals surface area contributed by atoms with Gasteiger partial charge in [0.15, 0.2) is 0 Å². The number of nitrogens with zero attached hydrogens (tertiary/aromatic N) is 3. The number of aromatic nitrogens is 2. The number of aliphatic hydroxyl groups excluding tert-OH is 1. The average Bonchev–Trinajstić information content (AvgIpc) is 2.59. The molecule has 0 aliphatic carbocycles. The summed E-state index contributed by atoms with van der Waals surface area (Å²) in [6.45, 7) is 2.08. The van der Waals surface area contributed by atoms with Gasteiger partial charge in [-0.3, -0.25) is 4.79 Å². The maximum atomic E-state index is 11.6. The summed E-state index contributed by atoms with van der Waals surface area (Å²) in [6, 6.07) is 0. The smallest absolute Gasteiger partial charge is 0.279 e. The second-order valence-electron chi connectivity index (χ2n) is 3.36. The maximum Gasteiger partial charge on any atom is 0.279 e. The minimum atomic E-state index is -0.451. The summed E-state index contributed by atoms with van der Waals surface area (Å²) in [5, 5.41) is 15.8. The normalized spacial score (nSPS) is 12.5. The monoisotopic (exact) mass is 214 g/mol. The zero-order chi connectivity index (χ0) is 11.4. The molecule has 0 saturated carbocycles. The Morgan fingerprint density at radius 2 is 2.33 bits per heavy atom. The molecule has 1 aromatic heterocycles. The third-order valence-electron chi connectivity index (χ3n) is 1.95. The van der Waals surface area contributed by atoms with Crippen molar-refractivity contribution in [2.45, 2.75) is 19.4 Å². The molecule has 0 aliphatic heterocycles. The van der Waals surface area contributed by atoms with Crippen LogP contribution in [-0.2, 0) is 0 Å². The van der Waals surface area contributed by atoms with E-state index in [1.54, 1.807) is 14.0 Å². The van der Waals surface area contributed by atoms with Crippen molar-refractivity contribution in [3.05, 3.63) is 5.69 Å². The fraction of sp³-hybridized carbons (Fsp3) is 0.625. The van der Waals surface area contributed by atoms with Gasteiger partial charge in [0.05, 0.1) is 6.10 Å². The van der Waals surface area contributed by atoms with E-state index in [2.05, 4.69) is 14.9 Å². The molecule has 0 aliphatic rings. The molecule has 84 valence electrons. The highest BCUT2D eigenvalue weighted by Gasteiger charge is 2.19. The van der Waals surface area contributed by atoms with Gasteiger partial charge in [-0.05, 0) is 23.7 Å². The first-order valence-electron chi connectivity index (χ1n) is 4.54. The van der Waals surface area contributed by atoms with Gasteiger partial charge in [-0.15, -0.1) is 0 Å². The number of carbonyl (C=O) groups excluding carboxylic acids is 1. The highest BCUT2D eigenvalue weighted by atomic mass is 16.6. The van der Waals surface area contributed by atoms with E-state index in [1.807, 2.05) is 0 Å². The predicted octanol–water partition coefficient (Wildman–Crippen LogP) is -0.505. The van der Waals surface area contributed by atoms with Crippen molar-refractivity contribution in [3.8, 4) is 0 Å². The Kier molecular flexibility index (Phi) is 3.62. The molecule has 7 nitrogen and oxygen atoms in total. The molecule has 0 aromatic carbocycles. The third-order valence-corrected chi connectivity index (χ3v) is 1.95. The zero-order valence-corrected chi connectivity index (χ0v) is 8.67. The van der Waals surface area contributed by atoms with E-state index in [0.29, 0.717) is 13.0 Å². The molecule has 3 N–H and O–H groups in total. The van der Waals surface area contributed by atoms with Crippen LogP contribution in [0.25, 0.3) is 0 Å². The number of anilines is 1. The third kappa shape index (κ3) is 2.91. The lowest BCUT2D eigenvalue weighted by Gasteiger charge is -2.16. The van der Waals surface area contributed by atoms with Crippen LogP contribution in [0.2, 0.25) is 0 Å². The minimum Gasteiger partial charge on any atom is -0.393 e. The first-order chi connectivity index (χ1) is 7.02. The molecule has 0 radical (unpaired) electrons. The van der Waals surface area contributed by atoms with Gasteiger partial charge in [0, 0.05) is 13.6 Å². The van der Waals surface area contributed by atoms with E-state index in [-0.39, 0.29) is 17.4 Å². The van der Waals surface area contributed by atoms with Crippen LogP contribution >= 0.6 is 0 Å². The number of nitrogen functional groups attached to an aromatic ring is 1.